The molecule has 0 aliphatic carbocycles. The van der Waals surface area contributed by atoms with E-state index in [0.717, 1.165) is 0 Å². The molecule has 1 aromatic carbocycles. The molecule has 0 unspecified atom stereocenters. The molecule has 1 aromatic rings. The smallest absolute Gasteiger partial charge is 0.243 e. The van der Waals surface area contributed by atoms with Crippen LogP contribution in [0.25, 0.3) is 0 Å². The fourth-order valence-corrected chi connectivity index (χ4v) is 4.08. The van der Waals surface area contributed by atoms with Crippen LogP contribution in [0.15, 0.2) is 29.2 Å². The van der Waals surface area contributed by atoms with E-state index in [-0.39, 0.29) is 23.8 Å². The molecule has 0 N–H and O–H groups in total. The molecular formula is C15H19N2O5S-. The zero-order valence-corrected chi connectivity index (χ0v) is 13.9. The fraction of sp³-hybridized carbons (Fsp3) is 0.467. The second-order valence-electron chi connectivity index (χ2n) is 5.31. The van der Waals surface area contributed by atoms with Crippen molar-refractivity contribution in [3.8, 4) is 0 Å². The Kier molecular flexibility index (Phi) is 5.06. The number of nitrogens with zero attached hydrogens (tertiary/aromatic N) is 2. The number of anilines is 1. The van der Waals surface area contributed by atoms with Gasteiger partial charge in [0, 0.05) is 43.6 Å². The molecule has 1 aliphatic heterocycles. The van der Waals surface area contributed by atoms with E-state index in [2.05, 4.69) is 0 Å². The number of carbonyl (C=O) groups is 2. The van der Waals surface area contributed by atoms with Crippen molar-refractivity contribution in [3.63, 3.8) is 0 Å². The number of carboxylic acid groups (broad SMARTS) is 1. The Balaban J connectivity index is 2.24. The molecule has 7 nitrogen and oxygen atoms in total. The Morgan fingerprint density at radius 1 is 1.26 bits per heavy atom. The molecule has 1 atom stereocenters. The van der Waals surface area contributed by atoms with Crippen LogP contribution in [0.4, 0.5) is 5.69 Å². The number of amides is 1. The van der Waals surface area contributed by atoms with Crippen LogP contribution in [0.5, 0.6) is 0 Å². The summed E-state index contributed by atoms with van der Waals surface area (Å²) in [6.07, 6.45) is -0.0954. The van der Waals surface area contributed by atoms with Gasteiger partial charge in [0.05, 0.1) is 4.90 Å². The molecular weight excluding hydrogens is 320 g/mol. The van der Waals surface area contributed by atoms with Crippen LogP contribution in [-0.2, 0) is 19.6 Å². The molecule has 1 aliphatic rings. The Labute approximate surface area is 135 Å². The summed E-state index contributed by atoms with van der Waals surface area (Å²) in [7, 11) is -3.55. The number of benzene rings is 1. The van der Waals surface area contributed by atoms with E-state index < -0.39 is 21.9 Å². The maximum Gasteiger partial charge on any atom is 0.243 e. The lowest BCUT2D eigenvalue weighted by Crippen LogP contribution is -2.33. The lowest BCUT2D eigenvalue weighted by molar-refractivity contribution is -0.310. The third-order valence-corrected chi connectivity index (χ3v) is 6.01. The van der Waals surface area contributed by atoms with Crippen LogP contribution in [-0.4, -0.2) is 44.2 Å². The predicted molar refractivity (Wildman–Crippen MR) is 82.0 cm³/mol. The Morgan fingerprint density at radius 3 is 2.26 bits per heavy atom. The lowest BCUT2D eigenvalue weighted by atomic mass is 10.1. The van der Waals surface area contributed by atoms with E-state index in [9.17, 15) is 23.1 Å². The molecule has 0 spiro atoms. The lowest BCUT2D eigenvalue weighted by Gasteiger charge is -2.20. The first kappa shape index (κ1) is 17.4. The van der Waals surface area contributed by atoms with E-state index in [0.29, 0.717) is 18.8 Å². The molecule has 1 heterocycles. The van der Waals surface area contributed by atoms with Crippen LogP contribution in [0.2, 0.25) is 0 Å². The number of sulfonamides is 1. The average Bonchev–Trinajstić information content (AvgIpc) is 2.90. The van der Waals surface area contributed by atoms with Gasteiger partial charge < -0.3 is 14.8 Å². The van der Waals surface area contributed by atoms with Crippen molar-refractivity contribution in [3.05, 3.63) is 24.3 Å². The number of carboxylic acids is 1. The maximum atomic E-state index is 12.4. The van der Waals surface area contributed by atoms with E-state index >= 15 is 0 Å². The molecule has 8 heteroatoms. The van der Waals surface area contributed by atoms with Crippen LogP contribution in [0.3, 0.4) is 0 Å². The van der Waals surface area contributed by atoms with Crippen LogP contribution < -0.4 is 10.0 Å². The third kappa shape index (κ3) is 3.37. The molecule has 0 aromatic heterocycles. The van der Waals surface area contributed by atoms with E-state index in [1.54, 1.807) is 13.8 Å². The van der Waals surface area contributed by atoms with E-state index in [1.165, 1.54) is 33.5 Å². The van der Waals surface area contributed by atoms with Crippen molar-refractivity contribution in [2.75, 3.05) is 24.5 Å². The Hall–Kier alpha value is -1.93. The summed E-state index contributed by atoms with van der Waals surface area (Å²) in [6.45, 7) is 4.32. The Bertz CT molecular complexity index is 695. The molecule has 1 saturated heterocycles. The molecule has 0 radical (unpaired) electrons. The SMILES string of the molecule is CCN(CC)S(=O)(=O)c1ccc(N2C[C@H](C(=O)[O-])CC2=O)cc1. The van der Waals surface area contributed by atoms with Crippen molar-refractivity contribution in [1.29, 1.82) is 0 Å². The zero-order chi connectivity index (χ0) is 17.2. The summed E-state index contributed by atoms with van der Waals surface area (Å²) in [5, 5.41) is 10.9. The van der Waals surface area contributed by atoms with Crippen molar-refractivity contribution in [2.45, 2.75) is 25.2 Å². The first-order chi connectivity index (χ1) is 10.8. The van der Waals surface area contributed by atoms with Crippen LogP contribution in [0, 0.1) is 5.92 Å². The molecule has 1 amide bonds. The van der Waals surface area contributed by atoms with Crippen molar-refractivity contribution >= 4 is 27.6 Å². The van der Waals surface area contributed by atoms with Gasteiger partial charge in [0.1, 0.15) is 0 Å². The van der Waals surface area contributed by atoms with Gasteiger partial charge in [0.25, 0.3) is 0 Å². The quantitative estimate of drug-likeness (QED) is 0.716. The summed E-state index contributed by atoms with van der Waals surface area (Å²) in [4.78, 5) is 24.2. The van der Waals surface area contributed by atoms with Gasteiger partial charge in [-0.25, -0.2) is 8.42 Å². The van der Waals surface area contributed by atoms with Gasteiger partial charge >= 0.3 is 0 Å². The van der Waals surface area contributed by atoms with Gasteiger partial charge in [0.2, 0.25) is 15.9 Å². The van der Waals surface area contributed by atoms with Crippen molar-refractivity contribution in [2.24, 2.45) is 5.92 Å². The number of aliphatic carboxylic acids is 1. The number of hydrogen-bond donors (Lipinski definition) is 0. The molecule has 1 fully saturated rings. The maximum absolute atomic E-state index is 12.4. The summed E-state index contributed by atoms with van der Waals surface area (Å²) < 4.78 is 26.1. The minimum absolute atomic E-state index is 0.0449. The van der Waals surface area contributed by atoms with Gasteiger partial charge in [0.15, 0.2) is 0 Å². The first-order valence-electron chi connectivity index (χ1n) is 7.42. The number of rotatable bonds is 6. The Morgan fingerprint density at radius 2 is 1.83 bits per heavy atom. The fourth-order valence-electron chi connectivity index (χ4n) is 2.63. The highest BCUT2D eigenvalue weighted by Crippen LogP contribution is 2.26. The summed E-state index contributed by atoms with van der Waals surface area (Å²) in [6, 6.07) is 5.91. The van der Waals surface area contributed by atoms with Gasteiger partial charge in [-0.05, 0) is 24.3 Å². The normalized spacial score (nSPS) is 18.7. The highest BCUT2D eigenvalue weighted by Gasteiger charge is 2.31. The molecule has 23 heavy (non-hydrogen) atoms. The van der Waals surface area contributed by atoms with E-state index in [1.807, 2.05) is 0 Å². The predicted octanol–water partition coefficient (Wildman–Crippen LogP) is -0.180. The first-order valence-corrected chi connectivity index (χ1v) is 8.86. The second-order valence-corrected chi connectivity index (χ2v) is 7.25. The van der Waals surface area contributed by atoms with E-state index in [4.69, 9.17) is 0 Å². The standard InChI is InChI=1S/C15H20N2O5S/c1-3-16(4-2)23(21,22)13-7-5-12(6-8-13)17-10-11(15(19)20)9-14(17)18/h5-8,11H,3-4,9-10H2,1-2H3,(H,19,20)/p-1/t11-/m1/s1. The third-order valence-electron chi connectivity index (χ3n) is 3.95. The molecule has 0 bridgehead atoms. The van der Waals surface area contributed by atoms with Gasteiger partial charge in [-0.1, -0.05) is 13.8 Å². The summed E-state index contributed by atoms with van der Waals surface area (Å²) >= 11 is 0. The number of carbonyl (C=O) groups excluding carboxylic acids is 2. The monoisotopic (exact) mass is 339 g/mol. The number of hydrogen-bond acceptors (Lipinski definition) is 5. The topological polar surface area (TPSA) is 97.8 Å². The average molecular weight is 339 g/mol. The minimum Gasteiger partial charge on any atom is -0.550 e. The van der Waals surface area contributed by atoms with Gasteiger partial charge in [-0.15, -0.1) is 0 Å². The van der Waals surface area contributed by atoms with Crippen LogP contribution in [0.1, 0.15) is 20.3 Å². The molecule has 126 valence electrons. The van der Waals surface area contributed by atoms with Crippen molar-refractivity contribution < 1.29 is 23.1 Å². The largest absolute Gasteiger partial charge is 0.550 e. The minimum atomic E-state index is -3.55. The van der Waals surface area contributed by atoms with Gasteiger partial charge in [-0.2, -0.15) is 4.31 Å². The summed E-state index contributed by atoms with van der Waals surface area (Å²) in [5.74, 6) is -2.39. The summed E-state index contributed by atoms with van der Waals surface area (Å²) in [5.41, 5.74) is 0.484. The zero-order valence-electron chi connectivity index (χ0n) is 13.1. The molecule has 2 rings (SSSR count). The molecule has 0 saturated carbocycles. The second kappa shape index (κ2) is 6.67. The highest BCUT2D eigenvalue weighted by atomic mass is 32.2. The van der Waals surface area contributed by atoms with Gasteiger partial charge in [-0.3, -0.25) is 4.79 Å². The van der Waals surface area contributed by atoms with Crippen LogP contribution >= 0.6 is 0 Å². The highest BCUT2D eigenvalue weighted by molar-refractivity contribution is 7.89. The van der Waals surface area contributed by atoms with Crippen molar-refractivity contribution in [1.82, 2.24) is 4.31 Å².